The monoisotopic (exact) mass is 479 g/mol. The third-order valence-electron chi connectivity index (χ3n) is 5.28. The van der Waals surface area contributed by atoms with Crippen LogP contribution in [0.25, 0.3) is 10.9 Å². The van der Waals surface area contributed by atoms with Crippen molar-refractivity contribution in [2.75, 3.05) is 10.6 Å². The second-order valence-corrected chi connectivity index (χ2v) is 8.95. The summed E-state index contributed by atoms with van der Waals surface area (Å²) in [6, 6.07) is 13.2. The van der Waals surface area contributed by atoms with E-state index >= 15 is 0 Å². The average Bonchev–Trinajstić information content (AvgIpc) is 2.72. The molecule has 1 aromatic heterocycles. The molecule has 7 heteroatoms. The number of hydrogen-bond donors (Lipinski definition) is 3. The van der Waals surface area contributed by atoms with E-state index in [1.807, 2.05) is 64.1 Å². The lowest BCUT2D eigenvalue weighted by Gasteiger charge is -2.32. The third kappa shape index (κ3) is 5.40. The van der Waals surface area contributed by atoms with Crippen molar-refractivity contribution in [1.29, 1.82) is 0 Å². The number of nitrogens with one attached hydrogen (secondary N) is 2. The Labute approximate surface area is 191 Å². The topological polar surface area (TPSA) is 92.9 Å². The molecule has 0 fully saturated rings. The van der Waals surface area contributed by atoms with Crippen molar-refractivity contribution in [3.05, 3.63) is 53.3 Å². The number of carbonyl (C=O) groups is 1. The number of nitrogens with two attached hydrogens (primary N) is 1. The number of anilines is 3. The molecule has 0 aliphatic heterocycles. The highest BCUT2D eigenvalue weighted by Gasteiger charge is 2.30. The summed E-state index contributed by atoms with van der Waals surface area (Å²) in [5, 5.41) is 6.91. The van der Waals surface area contributed by atoms with E-state index in [2.05, 4.69) is 48.4 Å². The van der Waals surface area contributed by atoms with E-state index in [1.165, 1.54) is 6.33 Å². The lowest BCUT2D eigenvalue weighted by atomic mass is 9.78. The molecule has 0 spiro atoms. The number of rotatable bonds is 5. The maximum atomic E-state index is 12.5. The largest absolute Gasteiger partial charge is 0.340 e. The van der Waals surface area contributed by atoms with E-state index < -0.39 is 11.4 Å². The first-order valence-corrected chi connectivity index (χ1v) is 10.9. The number of halogens is 1. The van der Waals surface area contributed by atoms with Crippen LogP contribution in [0.5, 0.6) is 0 Å². The fourth-order valence-corrected chi connectivity index (χ4v) is 3.62. The van der Waals surface area contributed by atoms with Crippen LogP contribution in [0.4, 0.5) is 17.2 Å². The van der Waals surface area contributed by atoms with Gasteiger partial charge in [-0.1, -0.05) is 55.6 Å². The van der Waals surface area contributed by atoms with E-state index in [4.69, 9.17) is 5.73 Å². The number of amides is 1. The van der Waals surface area contributed by atoms with Crippen LogP contribution in [0.3, 0.4) is 0 Å². The first-order valence-electron chi connectivity index (χ1n) is 10.1. The van der Waals surface area contributed by atoms with Gasteiger partial charge in [-0.15, -0.1) is 0 Å². The Balaban J connectivity index is 1.86. The lowest BCUT2D eigenvalue weighted by molar-refractivity contribution is -0.111. The van der Waals surface area contributed by atoms with Gasteiger partial charge >= 0.3 is 0 Å². The summed E-state index contributed by atoms with van der Waals surface area (Å²) in [4.78, 5) is 21.1. The molecule has 0 saturated heterocycles. The standard InChI is InChI=1S/C24H26BrN5O/c1-15(2)24(26,16(3)4)11-10-22(31)29-19-8-9-21-20(13-19)23(28-14-27-21)30-18-7-5-6-17(25)12-18/h5-9,12-16H,26H2,1-4H3,(H,29,31)(H,27,28,30). The minimum Gasteiger partial charge on any atom is -0.340 e. The second kappa shape index (κ2) is 9.46. The van der Waals surface area contributed by atoms with Gasteiger partial charge in [-0.2, -0.15) is 0 Å². The molecule has 0 bridgehead atoms. The molecule has 0 unspecified atom stereocenters. The Hall–Kier alpha value is -2.95. The summed E-state index contributed by atoms with van der Waals surface area (Å²) in [7, 11) is 0. The molecular weight excluding hydrogens is 454 g/mol. The first kappa shape index (κ1) is 22.7. The summed E-state index contributed by atoms with van der Waals surface area (Å²) >= 11 is 3.47. The van der Waals surface area contributed by atoms with E-state index in [9.17, 15) is 4.79 Å². The molecule has 1 amide bonds. The number of nitrogens with zero attached hydrogens (tertiary/aromatic N) is 2. The Morgan fingerprint density at radius 3 is 2.48 bits per heavy atom. The van der Waals surface area contributed by atoms with Gasteiger partial charge in [0.25, 0.3) is 5.91 Å². The van der Waals surface area contributed by atoms with Gasteiger partial charge in [0.1, 0.15) is 12.1 Å². The Kier molecular flexibility index (Phi) is 6.94. The van der Waals surface area contributed by atoms with Crippen LogP contribution in [-0.4, -0.2) is 21.4 Å². The average molecular weight is 480 g/mol. The maximum absolute atomic E-state index is 12.5. The van der Waals surface area contributed by atoms with Crippen LogP contribution in [-0.2, 0) is 4.79 Å². The molecule has 31 heavy (non-hydrogen) atoms. The summed E-state index contributed by atoms with van der Waals surface area (Å²) in [5.41, 5.74) is 7.95. The van der Waals surface area contributed by atoms with Crippen molar-refractivity contribution in [2.24, 2.45) is 17.6 Å². The van der Waals surface area contributed by atoms with E-state index in [1.54, 1.807) is 6.07 Å². The molecule has 0 aliphatic carbocycles. The van der Waals surface area contributed by atoms with Gasteiger partial charge in [0.15, 0.2) is 0 Å². The van der Waals surface area contributed by atoms with Gasteiger partial charge in [0.05, 0.1) is 11.1 Å². The quantitative estimate of drug-likeness (QED) is 0.443. The molecular formula is C24H26BrN5O. The fourth-order valence-electron chi connectivity index (χ4n) is 3.22. The predicted molar refractivity (Wildman–Crippen MR) is 130 cm³/mol. The first-order chi connectivity index (χ1) is 14.7. The summed E-state index contributed by atoms with van der Waals surface area (Å²) in [6.45, 7) is 8.04. The highest BCUT2D eigenvalue weighted by Crippen LogP contribution is 2.27. The Morgan fingerprint density at radius 2 is 1.81 bits per heavy atom. The molecule has 3 rings (SSSR count). The van der Waals surface area contributed by atoms with E-state index in [-0.39, 0.29) is 11.8 Å². The van der Waals surface area contributed by atoms with Gasteiger partial charge in [-0.3, -0.25) is 4.79 Å². The number of carbonyl (C=O) groups excluding carboxylic acids is 1. The molecule has 160 valence electrons. The molecule has 0 atom stereocenters. The smallest absolute Gasteiger partial charge is 0.300 e. The van der Waals surface area contributed by atoms with Crippen LogP contribution in [0.1, 0.15) is 27.7 Å². The fraction of sp³-hybridized carbons (Fsp3) is 0.292. The van der Waals surface area contributed by atoms with Gasteiger partial charge in [-0.05, 0) is 54.2 Å². The highest BCUT2D eigenvalue weighted by molar-refractivity contribution is 9.10. The predicted octanol–water partition coefficient (Wildman–Crippen LogP) is 5.09. The number of fused-ring (bicyclic) bond motifs is 1. The van der Waals surface area contributed by atoms with Crippen molar-refractivity contribution >= 4 is 49.9 Å². The minimum absolute atomic E-state index is 0.122. The molecule has 2 aromatic carbocycles. The van der Waals surface area contributed by atoms with Crippen LogP contribution in [0.2, 0.25) is 0 Å². The van der Waals surface area contributed by atoms with Crippen molar-refractivity contribution in [3.63, 3.8) is 0 Å². The van der Waals surface area contributed by atoms with E-state index in [0.29, 0.717) is 11.5 Å². The molecule has 1 heterocycles. The third-order valence-corrected chi connectivity index (χ3v) is 5.78. The molecule has 0 aliphatic rings. The zero-order valence-corrected chi connectivity index (χ0v) is 19.6. The van der Waals surface area contributed by atoms with Gasteiger partial charge in [0, 0.05) is 21.2 Å². The summed E-state index contributed by atoms with van der Waals surface area (Å²) in [6.07, 6.45) is 1.51. The van der Waals surface area contributed by atoms with Crippen molar-refractivity contribution < 1.29 is 4.79 Å². The van der Waals surface area contributed by atoms with Crippen LogP contribution >= 0.6 is 15.9 Å². The highest BCUT2D eigenvalue weighted by atomic mass is 79.9. The normalized spacial score (nSPS) is 11.4. The number of aromatic nitrogens is 2. The summed E-state index contributed by atoms with van der Waals surface area (Å²) < 4.78 is 0.959. The number of hydrogen-bond acceptors (Lipinski definition) is 5. The van der Waals surface area contributed by atoms with Gasteiger partial charge in [0.2, 0.25) is 0 Å². The molecule has 6 nitrogen and oxygen atoms in total. The molecule has 3 aromatic rings. The molecule has 0 radical (unpaired) electrons. The Bertz CT molecular complexity index is 1160. The molecule has 0 saturated carbocycles. The van der Waals surface area contributed by atoms with Crippen LogP contribution < -0.4 is 16.4 Å². The lowest BCUT2D eigenvalue weighted by Crippen LogP contribution is -2.48. The van der Waals surface area contributed by atoms with E-state index in [0.717, 1.165) is 21.1 Å². The SMILES string of the molecule is CC(C)C(N)(C#CC(=O)Nc1ccc2ncnc(Nc3cccc(Br)c3)c2c1)C(C)C. The second-order valence-electron chi connectivity index (χ2n) is 8.04. The minimum atomic E-state index is -0.727. The maximum Gasteiger partial charge on any atom is 0.300 e. The number of benzene rings is 2. The van der Waals surface area contributed by atoms with Crippen molar-refractivity contribution in [2.45, 2.75) is 33.2 Å². The van der Waals surface area contributed by atoms with Crippen LogP contribution in [0.15, 0.2) is 53.3 Å². The van der Waals surface area contributed by atoms with Crippen molar-refractivity contribution in [3.8, 4) is 11.8 Å². The Morgan fingerprint density at radius 1 is 1.06 bits per heavy atom. The van der Waals surface area contributed by atoms with Gasteiger partial charge < -0.3 is 16.4 Å². The van der Waals surface area contributed by atoms with Crippen molar-refractivity contribution in [1.82, 2.24) is 9.97 Å². The van der Waals surface area contributed by atoms with Crippen LogP contribution in [0, 0.1) is 23.7 Å². The summed E-state index contributed by atoms with van der Waals surface area (Å²) in [5.74, 6) is 6.12. The zero-order chi connectivity index (χ0) is 22.6. The zero-order valence-electron chi connectivity index (χ0n) is 18.0. The van der Waals surface area contributed by atoms with Gasteiger partial charge in [-0.25, -0.2) is 9.97 Å². The molecule has 4 N–H and O–H groups in total.